The van der Waals surface area contributed by atoms with Gasteiger partial charge in [0, 0.05) is 6.61 Å². The van der Waals surface area contributed by atoms with E-state index in [1.54, 1.807) is 0 Å². The van der Waals surface area contributed by atoms with Gasteiger partial charge in [-0.1, -0.05) is 31.2 Å². The summed E-state index contributed by atoms with van der Waals surface area (Å²) in [6.45, 7) is 9.35. The summed E-state index contributed by atoms with van der Waals surface area (Å²) in [5.74, 6) is 0. The van der Waals surface area contributed by atoms with Gasteiger partial charge in [-0.15, -0.1) is 0 Å². The van der Waals surface area contributed by atoms with E-state index >= 15 is 0 Å². The number of hydrogen-bond donors (Lipinski definition) is 0. The van der Waals surface area contributed by atoms with E-state index in [2.05, 4.69) is 52.0 Å². The fourth-order valence-corrected chi connectivity index (χ4v) is 1.66. The molecule has 0 aliphatic carbocycles. The molecule has 0 aromatic heterocycles. The summed E-state index contributed by atoms with van der Waals surface area (Å²) in [6.07, 6.45) is 3.33. The highest BCUT2D eigenvalue weighted by atomic mass is 16.5. The summed E-state index contributed by atoms with van der Waals surface area (Å²) in [7, 11) is 0. The first-order chi connectivity index (χ1) is 7.51. The summed E-state index contributed by atoms with van der Waals surface area (Å²) in [6, 6.07) is 8.85. The van der Waals surface area contributed by atoms with Crippen LogP contribution in [0.1, 0.15) is 45.2 Å². The molecule has 0 N–H and O–H groups in total. The van der Waals surface area contributed by atoms with Crippen LogP contribution >= 0.6 is 0 Å². The summed E-state index contributed by atoms with van der Waals surface area (Å²) < 4.78 is 5.71. The molecule has 0 spiro atoms. The third-order valence-electron chi connectivity index (χ3n) is 2.54. The molecule has 0 saturated heterocycles. The fraction of sp³-hybridized carbons (Fsp3) is 0.600. The number of rotatable bonds is 5. The van der Waals surface area contributed by atoms with Gasteiger partial charge in [-0.2, -0.15) is 0 Å². The monoisotopic (exact) mass is 220 g/mol. The van der Waals surface area contributed by atoms with E-state index in [4.69, 9.17) is 4.74 Å². The molecule has 0 radical (unpaired) electrons. The van der Waals surface area contributed by atoms with Crippen molar-refractivity contribution in [3.63, 3.8) is 0 Å². The summed E-state index contributed by atoms with van der Waals surface area (Å²) in [4.78, 5) is 0. The highest BCUT2D eigenvalue weighted by Gasteiger charge is 2.08. The van der Waals surface area contributed by atoms with Crippen LogP contribution in [0.15, 0.2) is 24.3 Å². The van der Waals surface area contributed by atoms with E-state index in [-0.39, 0.29) is 5.60 Å². The maximum absolute atomic E-state index is 5.71. The molecular weight excluding hydrogens is 196 g/mol. The second kappa shape index (κ2) is 6.05. The number of ether oxygens (including phenoxy) is 1. The Hall–Kier alpha value is -0.820. The first kappa shape index (κ1) is 13.2. The van der Waals surface area contributed by atoms with Crippen molar-refractivity contribution in [2.45, 2.75) is 52.6 Å². The Morgan fingerprint density at radius 3 is 2.44 bits per heavy atom. The zero-order valence-corrected chi connectivity index (χ0v) is 11.0. The molecule has 1 nitrogen and oxygen atoms in total. The first-order valence-electron chi connectivity index (χ1n) is 6.23. The highest BCUT2D eigenvalue weighted by Crippen LogP contribution is 2.11. The molecule has 0 amide bonds. The lowest BCUT2D eigenvalue weighted by Crippen LogP contribution is -2.19. The van der Waals surface area contributed by atoms with E-state index in [0.717, 1.165) is 25.9 Å². The topological polar surface area (TPSA) is 9.23 Å². The van der Waals surface area contributed by atoms with E-state index in [9.17, 15) is 0 Å². The average Bonchev–Trinajstić information content (AvgIpc) is 2.23. The molecule has 1 rings (SSSR count). The largest absolute Gasteiger partial charge is 0.376 e. The molecule has 0 saturated carbocycles. The minimum absolute atomic E-state index is 0.00866. The zero-order chi connectivity index (χ0) is 12.0. The molecule has 0 heterocycles. The summed E-state index contributed by atoms with van der Waals surface area (Å²) in [5, 5.41) is 0. The van der Waals surface area contributed by atoms with Crippen molar-refractivity contribution in [2.24, 2.45) is 0 Å². The minimum atomic E-state index is -0.00866. The van der Waals surface area contributed by atoms with Crippen LogP contribution < -0.4 is 0 Å². The van der Waals surface area contributed by atoms with Gasteiger partial charge >= 0.3 is 0 Å². The van der Waals surface area contributed by atoms with Gasteiger partial charge in [-0.25, -0.2) is 0 Å². The predicted octanol–water partition coefficient (Wildman–Crippen LogP) is 4.00. The van der Waals surface area contributed by atoms with Crippen molar-refractivity contribution < 1.29 is 4.74 Å². The number of aryl methyl sites for hydroxylation is 2. The third-order valence-corrected chi connectivity index (χ3v) is 2.54. The smallest absolute Gasteiger partial charge is 0.0598 e. The van der Waals surface area contributed by atoms with Gasteiger partial charge in [-0.3, -0.25) is 0 Å². The van der Waals surface area contributed by atoms with Crippen LogP contribution in [0.5, 0.6) is 0 Å². The Balaban J connectivity index is 2.32. The molecule has 90 valence electrons. The molecular formula is C15H24O. The SMILES string of the molecule is CCc1cccc(CCCOC(C)(C)C)c1. The molecule has 1 aromatic carbocycles. The van der Waals surface area contributed by atoms with Crippen LogP contribution in [0.25, 0.3) is 0 Å². The Kier molecular flexibility index (Phi) is 5.01. The van der Waals surface area contributed by atoms with Crippen LogP contribution in [-0.2, 0) is 17.6 Å². The van der Waals surface area contributed by atoms with Crippen LogP contribution in [0.4, 0.5) is 0 Å². The van der Waals surface area contributed by atoms with Crippen molar-refractivity contribution in [1.29, 1.82) is 0 Å². The van der Waals surface area contributed by atoms with Crippen molar-refractivity contribution >= 4 is 0 Å². The van der Waals surface area contributed by atoms with Crippen molar-refractivity contribution in [3.8, 4) is 0 Å². The van der Waals surface area contributed by atoms with Gasteiger partial charge in [0.25, 0.3) is 0 Å². The third kappa shape index (κ3) is 5.32. The van der Waals surface area contributed by atoms with E-state index in [1.165, 1.54) is 11.1 Å². The van der Waals surface area contributed by atoms with Gasteiger partial charge in [0.1, 0.15) is 0 Å². The van der Waals surface area contributed by atoms with Crippen LogP contribution in [0, 0.1) is 0 Å². The minimum Gasteiger partial charge on any atom is -0.376 e. The predicted molar refractivity (Wildman–Crippen MR) is 69.8 cm³/mol. The number of hydrogen-bond acceptors (Lipinski definition) is 1. The molecule has 1 aromatic rings. The Labute approximate surface area is 99.8 Å². The van der Waals surface area contributed by atoms with Crippen molar-refractivity contribution in [3.05, 3.63) is 35.4 Å². The molecule has 0 unspecified atom stereocenters. The first-order valence-corrected chi connectivity index (χ1v) is 6.23. The molecule has 16 heavy (non-hydrogen) atoms. The lowest BCUT2D eigenvalue weighted by atomic mass is 10.1. The Bertz CT molecular complexity index is 309. The zero-order valence-electron chi connectivity index (χ0n) is 11.0. The van der Waals surface area contributed by atoms with Gasteiger partial charge in [0.2, 0.25) is 0 Å². The summed E-state index contributed by atoms with van der Waals surface area (Å²) >= 11 is 0. The van der Waals surface area contributed by atoms with Gasteiger partial charge in [-0.05, 0) is 51.2 Å². The molecule has 0 aliphatic heterocycles. The fourth-order valence-electron chi connectivity index (χ4n) is 1.66. The Morgan fingerprint density at radius 1 is 1.12 bits per heavy atom. The Morgan fingerprint density at radius 2 is 1.81 bits per heavy atom. The van der Waals surface area contributed by atoms with Crippen molar-refractivity contribution in [2.75, 3.05) is 6.61 Å². The second-order valence-electron chi connectivity index (χ2n) is 5.24. The maximum Gasteiger partial charge on any atom is 0.0598 e. The van der Waals surface area contributed by atoms with E-state index < -0.39 is 0 Å². The quantitative estimate of drug-likeness (QED) is 0.682. The molecule has 0 bridgehead atoms. The van der Waals surface area contributed by atoms with Crippen LogP contribution in [0.2, 0.25) is 0 Å². The van der Waals surface area contributed by atoms with Gasteiger partial charge in [0.05, 0.1) is 5.60 Å². The average molecular weight is 220 g/mol. The lowest BCUT2D eigenvalue weighted by molar-refractivity contribution is -0.00384. The second-order valence-corrected chi connectivity index (χ2v) is 5.24. The maximum atomic E-state index is 5.71. The van der Waals surface area contributed by atoms with Crippen molar-refractivity contribution in [1.82, 2.24) is 0 Å². The summed E-state index contributed by atoms with van der Waals surface area (Å²) in [5.41, 5.74) is 2.84. The number of benzene rings is 1. The molecule has 1 heteroatoms. The normalized spacial score (nSPS) is 11.8. The molecule has 0 aliphatic rings. The van der Waals surface area contributed by atoms with E-state index in [0.29, 0.717) is 0 Å². The van der Waals surface area contributed by atoms with Gasteiger partial charge in [0.15, 0.2) is 0 Å². The standard InChI is InChI=1S/C15H24O/c1-5-13-8-6-9-14(12-13)10-7-11-16-15(2,3)4/h6,8-9,12H,5,7,10-11H2,1-4H3. The van der Waals surface area contributed by atoms with Crippen LogP contribution in [0.3, 0.4) is 0 Å². The van der Waals surface area contributed by atoms with Crippen LogP contribution in [-0.4, -0.2) is 12.2 Å². The molecule has 0 atom stereocenters. The lowest BCUT2D eigenvalue weighted by Gasteiger charge is -2.19. The van der Waals surface area contributed by atoms with Gasteiger partial charge < -0.3 is 4.74 Å². The highest BCUT2D eigenvalue weighted by molar-refractivity contribution is 5.23. The molecule has 0 fully saturated rings. The van der Waals surface area contributed by atoms with E-state index in [1.807, 2.05) is 0 Å².